The zero-order valence-electron chi connectivity index (χ0n) is 15.7. The summed E-state index contributed by atoms with van der Waals surface area (Å²) in [5.74, 6) is -0.626. The molecule has 0 amide bonds. The summed E-state index contributed by atoms with van der Waals surface area (Å²) in [7, 11) is 1.70. The summed E-state index contributed by atoms with van der Waals surface area (Å²) in [6.07, 6.45) is 6.30. The molecule has 27 heavy (non-hydrogen) atoms. The van der Waals surface area contributed by atoms with E-state index in [2.05, 4.69) is 51.0 Å². The Hall–Kier alpha value is -2.90. The average molecular weight is 372 g/mol. The van der Waals surface area contributed by atoms with Gasteiger partial charge in [-0.05, 0) is 11.5 Å². The lowest BCUT2D eigenvalue weighted by Crippen LogP contribution is -2.35. The first kappa shape index (κ1) is 18.9. The molecule has 142 valence electrons. The molecule has 1 atom stereocenters. The van der Waals surface area contributed by atoms with Gasteiger partial charge in [-0.3, -0.25) is 0 Å². The van der Waals surface area contributed by atoms with Crippen molar-refractivity contribution in [3.8, 4) is 11.4 Å². The number of rotatable bonds is 5. The molecule has 0 aliphatic carbocycles. The molecule has 6 nitrogen and oxygen atoms in total. The topological polar surface area (TPSA) is 78.9 Å². The zero-order chi connectivity index (χ0) is 19.6. The number of nitrogens with zero attached hydrogens (tertiary/aromatic N) is 4. The van der Waals surface area contributed by atoms with Crippen LogP contribution in [0.25, 0.3) is 22.4 Å². The second-order valence-electron chi connectivity index (χ2n) is 7.38. The SMILES string of the molecule is CN=CCC(Nc1nc(-c2c[nH]c3ncc(F)cc23)ncc1F)C(C)(C)C. The number of halogens is 2. The molecule has 0 saturated heterocycles. The van der Waals surface area contributed by atoms with Crippen LogP contribution in [0.1, 0.15) is 27.2 Å². The van der Waals surface area contributed by atoms with Gasteiger partial charge in [-0.15, -0.1) is 0 Å². The van der Waals surface area contributed by atoms with Gasteiger partial charge in [0.15, 0.2) is 17.5 Å². The van der Waals surface area contributed by atoms with E-state index in [0.717, 1.165) is 12.4 Å². The number of H-pyrrole nitrogens is 1. The van der Waals surface area contributed by atoms with Crippen LogP contribution in [0.2, 0.25) is 0 Å². The zero-order valence-corrected chi connectivity index (χ0v) is 15.7. The molecule has 2 N–H and O–H groups in total. The van der Waals surface area contributed by atoms with E-state index in [1.807, 2.05) is 0 Å². The standard InChI is InChI=1S/C19H22F2N6/c1-19(2,3)15(5-6-22-4)26-18-14(21)10-25-17(27-18)13-9-24-16-12(13)7-11(20)8-23-16/h6-10,15H,5H2,1-4H3,(H,23,24)(H,25,26,27). The molecule has 3 heterocycles. The molecule has 0 aromatic carbocycles. The second kappa shape index (κ2) is 7.38. The highest BCUT2D eigenvalue weighted by molar-refractivity contribution is 5.91. The fraction of sp³-hybridized carbons (Fsp3) is 0.368. The van der Waals surface area contributed by atoms with Crippen LogP contribution in [0.4, 0.5) is 14.6 Å². The molecule has 3 aromatic rings. The van der Waals surface area contributed by atoms with Gasteiger partial charge in [0.2, 0.25) is 0 Å². The number of fused-ring (bicyclic) bond motifs is 1. The predicted octanol–water partition coefficient (Wildman–Crippen LogP) is 4.22. The van der Waals surface area contributed by atoms with Gasteiger partial charge in [0.05, 0.1) is 12.4 Å². The Morgan fingerprint density at radius 3 is 2.74 bits per heavy atom. The third kappa shape index (κ3) is 4.10. The van der Waals surface area contributed by atoms with E-state index in [-0.39, 0.29) is 23.1 Å². The van der Waals surface area contributed by atoms with Crippen LogP contribution < -0.4 is 5.32 Å². The van der Waals surface area contributed by atoms with Crippen molar-refractivity contribution >= 4 is 23.1 Å². The van der Waals surface area contributed by atoms with E-state index < -0.39 is 11.6 Å². The molecule has 0 aliphatic heterocycles. The Morgan fingerprint density at radius 2 is 2.04 bits per heavy atom. The van der Waals surface area contributed by atoms with Crippen molar-refractivity contribution in [1.29, 1.82) is 0 Å². The lowest BCUT2D eigenvalue weighted by Gasteiger charge is -2.31. The smallest absolute Gasteiger partial charge is 0.183 e. The van der Waals surface area contributed by atoms with Crippen molar-refractivity contribution in [3.63, 3.8) is 0 Å². The lowest BCUT2D eigenvalue weighted by atomic mass is 9.85. The Labute approximate surface area is 156 Å². The highest BCUT2D eigenvalue weighted by Gasteiger charge is 2.25. The third-order valence-electron chi connectivity index (χ3n) is 4.36. The van der Waals surface area contributed by atoms with Gasteiger partial charge in [-0.1, -0.05) is 20.8 Å². The maximum atomic E-state index is 14.4. The van der Waals surface area contributed by atoms with E-state index in [9.17, 15) is 8.78 Å². The van der Waals surface area contributed by atoms with E-state index >= 15 is 0 Å². The van der Waals surface area contributed by atoms with Crippen LogP contribution in [-0.2, 0) is 0 Å². The van der Waals surface area contributed by atoms with Crippen LogP contribution in [0, 0.1) is 17.0 Å². The van der Waals surface area contributed by atoms with Gasteiger partial charge in [-0.25, -0.2) is 23.7 Å². The van der Waals surface area contributed by atoms with Gasteiger partial charge in [0.1, 0.15) is 11.5 Å². The van der Waals surface area contributed by atoms with Crippen LogP contribution >= 0.6 is 0 Å². The van der Waals surface area contributed by atoms with Crippen LogP contribution in [0.5, 0.6) is 0 Å². The summed E-state index contributed by atoms with van der Waals surface area (Å²) in [4.78, 5) is 19.4. The largest absolute Gasteiger partial charge is 0.364 e. The molecule has 0 aliphatic rings. The van der Waals surface area contributed by atoms with Gasteiger partial charge < -0.3 is 15.3 Å². The van der Waals surface area contributed by atoms with E-state index in [0.29, 0.717) is 23.0 Å². The molecule has 0 fully saturated rings. The molecular weight excluding hydrogens is 350 g/mol. The Balaban J connectivity index is 1.99. The first-order valence-corrected chi connectivity index (χ1v) is 8.62. The maximum Gasteiger partial charge on any atom is 0.183 e. The molecule has 3 rings (SSSR count). The number of anilines is 1. The number of aromatic nitrogens is 4. The highest BCUT2D eigenvalue weighted by atomic mass is 19.1. The number of aromatic amines is 1. The van der Waals surface area contributed by atoms with Crippen molar-refractivity contribution in [3.05, 3.63) is 36.3 Å². The molecule has 1 unspecified atom stereocenters. The number of aliphatic imine (C=N–C) groups is 1. The quantitative estimate of drug-likeness (QED) is 0.658. The molecule has 0 spiro atoms. The minimum Gasteiger partial charge on any atom is -0.364 e. The van der Waals surface area contributed by atoms with Crippen molar-refractivity contribution in [1.82, 2.24) is 19.9 Å². The number of hydrogen-bond acceptors (Lipinski definition) is 5. The van der Waals surface area contributed by atoms with Crippen LogP contribution in [-0.4, -0.2) is 39.2 Å². The molecule has 0 radical (unpaired) electrons. The average Bonchev–Trinajstić information content (AvgIpc) is 3.02. The van der Waals surface area contributed by atoms with Crippen LogP contribution in [0.3, 0.4) is 0 Å². The Kier molecular flexibility index (Phi) is 5.16. The molecule has 0 bridgehead atoms. The lowest BCUT2D eigenvalue weighted by molar-refractivity contribution is 0.346. The Morgan fingerprint density at radius 1 is 1.26 bits per heavy atom. The fourth-order valence-corrected chi connectivity index (χ4v) is 2.77. The predicted molar refractivity (Wildman–Crippen MR) is 103 cm³/mol. The minimum atomic E-state index is -0.550. The van der Waals surface area contributed by atoms with Crippen molar-refractivity contribution in [2.45, 2.75) is 33.2 Å². The van der Waals surface area contributed by atoms with E-state index in [4.69, 9.17) is 0 Å². The van der Waals surface area contributed by atoms with Gasteiger partial charge in [0, 0.05) is 42.9 Å². The first-order valence-electron chi connectivity index (χ1n) is 8.62. The summed E-state index contributed by atoms with van der Waals surface area (Å²) in [6, 6.07) is 1.27. The molecule has 3 aromatic heterocycles. The normalized spacial score (nSPS) is 13.4. The summed E-state index contributed by atoms with van der Waals surface area (Å²) >= 11 is 0. The van der Waals surface area contributed by atoms with Crippen molar-refractivity contribution < 1.29 is 8.78 Å². The summed E-state index contributed by atoms with van der Waals surface area (Å²) in [5.41, 5.74) is 0.926. The van der Waals surface area contributed by atoms with Crippen LogP contribution in [0.15, 0.2) is 29.6 Å². The van der Waals surface area contributed by atoms with E-state index in [1.165, 1.54) is 6.07 Å². The van der Waals surface area contributed by atoms with Gasteiger partial charge in [-0.2, -0.15) is 0 Å². The number of nitrogens with one attached hydrogen (secondary N) is 2. The number of pyridine rings is 1. The molecular formula is C19H22F2N6. The summed E-state index contributed by atoms with van der Waals surface area (Å²) < 4.78 is 27.9. The summed E-state index contributed by atoms with van der Waals surface area (Å²) in [6.45, 7) is 6.17. The molecule has 0 saturated carbocycles. The summed E-state index contributed by atoms with van der Waals surface area (Å²) in [5, 5.41) is 3.71. The monoisotopic (exact) mass is 372 g/mol. The number of hydrogen-bond donors (Lipinski definition) is 2. The second-order valence-corrected chi connectivity index (χ2v) is 7.38. The van der Waals surface area contributed by atoms with Gasteiger partial charge >= 0.3 is 0 Å². The highest BCUT2D eigenvalue weighted by Crippen LogP contribution is 2.29. The maximum absolute atomic E-state index is 14.4. The van der Waals surface area contributed by atoms with Crippen molar-refractivity contribution in [2.24, 2.45) is 10.4 Å². The van der Waals surface area contributed by atoms with Crippen molar-refractivity contribution in [2.75, 3.05) is 12.4 Å². The first-order chi connectivity index (χ1) is 12.8. The minimum absolute atomic E-state index is 0.0828. The van der Waals surface area contributed by atoms with Gasteiger partial charge in [0.25, 0.3) is 0 Å². The Bertz CT molecular complexity index is 974. The van der Waals surface area contributed by atoms with E-state index in [1.54, 1.807) is 19.5 Å². The molecule has 8 heteroatoms. The fourth-order valence-electron chi connectivity index (χ4n) is 2.77. The third-order valence-corrected chi connectivity index (χ3v) is 4.36.